The monoisotopic (exact) mass is 394 g/mol. The largest absolute Gasteiger partial charge is 0.481 e. The molecule has 1 aromatic carbocycles. The maximum absolute atomic E-state index is 11.9. The maximum Gasteiger partial charge on any atom is 0.407 e. The van der Waals surface area contributed by atoms with Gasteiger partial charge in [-0.3, -0.25) is 19.2 Å². The maximum atomic E-state index is 11.9. The summed E-state index contributed by atoms with van der Waals surface area (Å²) in [6.07, 6.45) is -1.50. The fraction of sp³-hybridized carbons (Fsp3) is 0.353. The number of nitrogens with two attached hydrogens (primary N) is 1. The molecule has 0 heterocycles. The van der Waals surface area contributed by atoms with E-state index in [0.29, 0.717) is 0 Å². The van der Waals surface area contributed by atoms with Crippen molar-refractivity contribution in [3.8, 4) is 0 Å². The summed E-state index contributed by atoms with van der Waals surface area (Å²) in [7, 11) is 0. The van der Waals surface area contributed by atoms with E-state index in [1.54, 1.807) is 24.3 Å². The predicted molar refractivity (Wildman–Crippen MR) is 95.6 cm³/mol. The van der Waals surface area contributed by atoms with Crippen LogP contribution >= 0.6 is 0 Å². The highest BCUT2D eigenvalue weighted by atomic mass is 16.5. The standard InChI is InChI=1S/C17H22N4O7/c1-10(16(26)21-12(15(18)25)7-14(23)24)20-13(22)8-19-17(27)28-9-11-5-3-2-4-6-11/h2-6,10,12H,7-9H2,1H3,(H2,18,25)(H,19,27)(H,20,22)(H,21,26)(H,23,24). The summed E-state index contributed by atoms with van der Waals surface area (Å²) < 4.78 is 4.93. The first kappa shape index (κ1) is 22.4. The second kappa shape index (κ2) is 11.2. The lowest BCUT2D eigenvalue weighted by Gasteiger charge is -2.18. The van der Waals surface area contributed by atoms with Crippen LogP contribution in [0.5, 0.6) is 0 Å². The van der Waals surface area contributed by atoms with Crippen LogP contribution in [0.25, 0.3) is 0 Å². The Bertz CT molecular complexity index is 723. The Kier molecular flexibility index (Phi) is 8.93. The van der Waals surface area contributed by atoms with Crippen LogP contribution in [-0.2, 0) is 30.5 Å². The first-order chi connectivity index (χ1) is 13.2. The highest BCUT2D eigenvalue weighted by Crippen LogP contribution is 2.00. The minimum atomic E-state index is -1.41. The van der Waals surface area contributed by atoms with Crippen molar-refractivity contribution in [2.75, 3.05) is 6.54 Å². The van der Waals surface area contributed by atoms with Gasteiger partial charge in [-0.1, -0.05) is 30.3 Å². The molecule has 0 aliphatic heterocycles. The van der Waals surface area contributed by atoms with Gasteiger partial charge in [0.1, 0.15) is 25.2 Å². The third-order valence-corrected chi connectivity index (χ3v) is 3.42. The van der Waals surface area contributed by atoms with Gasteiger partial charge in [0.2, 0.25) is 17.7 Å². The molecule has 152 valence electrons. The molecule has 1 aromatic rings. The number of aliphatic carboxylic acids is 1. The van der Waals surface area contributed by atoms with Gasteiger partial charge in [-0.25, -0.2) is 4.79 Å². The normalized spacial score (nSPS) is 12.2. The number of alkyl carbamates (subject to hydrolysis) is 1. The van der Waals surface area contributed by atoms with Gasteiger partial charge in [-0.15, -0.1) is 0 Å². The van der Waals surface area contributed by atoms with Crippen LogP contribution in [0.1, 0.15) is 18.9 Å². The van der Waals surface area contributed by atoms with E-state index in [1.807, 2.05) is 6.07 Å². The van der Waals surface area contributed by atoms with Gasteiger partial charge in [-0.2, -0.15) is 0 Å². The molecule has 4 amide bonds. The number of hydrogen-bond donors (Lipinski definition) is 5. The van der Waals surface area contributed by atoms with Gasteiger partial charge in [0.15, 0.2) is 0 Å². The van der Waals surface area contributed by atoms with E-state index in [-0.39, 0.29) is 6.61 Å². The van der Waals surface area contributed by atoms with Crippen LogP contribution in [0.15, 0.2) is 30.3 Å². The summed E-state index contributed by atoms with van der Waals surface area (Å²) in [5.74, 6) is -3.82. The third-order valence-electron chi connectivity index (χ3n) is 3.42. The van der Waals surface area contributed by atoms with Crippen molar-refractivity contribution < 1.29 is 33.8 Å². The first-order valence-electron chi connectivity index (χ1n) is 8.24. The van der Waals surface area contributed by atoms with Crippen molar-refractivity contribution in [2.24, 2.45) is 5.73 Å². The second-order valence-corrected chi connectivity index (χ2v) is 5.77. The van der Waals surface area contributed by atoms with Gasteiger partial charge >= 0.3 is 12.1 Å². The summed E-state index contributed by atoms with van der Waals surface area (Å²) in [6, 6.07) is 6.43. The Balaban J connectivity index is 2.36. The number of carbonyl (C=O) groups is 5. The molecular weight excluding hydrogens is 372 g/mol. The molecule has 0 fully saturated rings. The highest BCUT2D eigenvalue weighted by Gasteiger charge is 2.24. The number of hydrogen-bond acceptors (Lipinski definition) is 6. The number of benzene rings is 1. The zero-order valence-corrected chi connectivity index (χ0v) is 15.1. The fourth-order valence-electron chi connectivity index (χ4n) is 1.98. The highest BCUT2D eigenvalue weighted by molar-refractivity contribution is 5.93. The lowest BCUT2D eigenvalue weighted by molar-refractivity contribution is -0.140. The van der Waals surface area contributed by atoms with Crippen LogP contribution in [0, 0.1) is 0 Å². The van der Waals surface area contributed by atoms with Gasteiger partial charge in [0.05, 0.1) is 6.42 Å². The summed E-state index contributed by atoms with van der Waals surface area (Å²) >= 11 is 0. The zero-order chi connectivity index (χ0) is 21.1. The number of carboxylic acid groups (broad SMARTS) is 1. The molecule has 28 heavy (non-hydrogen) atoms. The number of nitrogens with one attached hydrogen (secondary N) is 3. The van der Waals surface area contributed by atoms with Crippen molar-refractivity contribution in [1.29, 1.82) is 0 Å². The second-order valence-electron chi connectivity index (χ2n) is 5.77. The third kappa shape index (κ3) is 8.65. The molecule has 1 rings (SSSR count). The molecule has 11 nitrogen and oxygen atoms in total. The smallest absolute Gasteiger partial charge is 0.407 e. The Labute approximate surface area is 160 Å². The number of amides is 4. The molecule has 2 atom stereocenters. The van der Waals surface area contributed by atoms with Crippen molar-refractivity contribution in [3.63, 3.8) is 0 Å². The van der Waals surface area contributed by atoms with Crippen LogP contribution in [0.4, 0.5) is 4.79 Å². The van der Waals surface area contributed by atoms with E-state index in [2.05, 4.69) is 16.0 Å². The molecule has 0 aromatic heterocycles. The van der Waals surface area contributed by atoms with Gasteiger partial charge in [0.25, 0.3) is 0 Å². The topological polar surface area (TPSA) is 177 Å². The number of carboxylic acids is 1. The van der Waals surface area contributed by atoms with Crippen molar-refractivity contribution >= 4 is 29.8 Å². The molecule has 0 spiro atoms. The summed E-state index contributed by atoms with van der Waals surface area (Å²) in [6.45, 7) is 0.907. The van der Waals surface area contributed by atoms with E-state index in [9.17, 15) is 24.0 Å². The average Bonchev–Trinajstić information content (AvgIpc) is 2.64. The molecule has 0 aliphatic rings. The van der Waals surface area contributed by atoms with Crippen LogP contribution in [-0.4, -0.2) is 53.5 Å². The van der Waals surface area contributed by atoms with Gasteiger partial charge < -0.3 is 31.5 Å². The van der Waals surface area contributed by atoms with E-state index >= 15 is 0 Å². The molecule has 0 saturated carbocycles. The van der Waals surface area contributed by atoms with Gasteiger partial charge in [-0.05, 0) is 12.5 Å². The van der Waals surface area contributed by atoms with E-state index in [0.717, 1.165) is 5.56 Å². The quantitative estimate of drug-likeness (QED) is 0.333. The Hall–Kier alpha value is -3.63. The van der Waals surface area contributed by atoms with E-state index in [1.165, 1.54) is 6.92 Å². The van der Waals surface area contributed by atoms with Gasteiger partial charge in [0, 0.05) is 0 Å². The summed E-state index contributed by atoms with van der Waals surface area (Å²) in [4.78, 5) is 57.1. The number of carbonyl (C=O) groups excluding carboxylic acids is 4. The van der Waals surface area contributed by atoms with Crippen LogP contribution < -0.4 is 21.7 Å². The van der Waals surface area contributed by atoms with E-state index < -0.39 is 54.8 Å². The lowest BCUT2D eigenvalue weighted by atomic mass is 10.2. The van der Waals surface area contributed by atoms with Crippen LogP contribution in [0.3, 0.4) is 0 Å². The molecular formula is C17H22N4O7. The molecule has 0 bridgehead atoms. The Morgan fingerprint density at radius 2 is 1.75 bits per heavy atom. The Morgan fingerprint density at radius 3 is 2.32 bits per heavy atom. The number of primary amides is 1. The average molecular weight is 394 g/mol. The van der Waals surface area contributed by atoms with Crippen molar-refractivity contribution in [2.45, 2.75) is 32.0 Å². The van der Waals surface area contributed by atoms with Crippen molar-refractivity contribution in [1.82, 2.24) is 16.0 Å². The molecule has 11 heteroatoms. The zero-order valence-electron chi connectivity index (χ0n) is 15.1. The Morgan fingerprint density at radius 1 is 1.11 bits per heavy atom. The minimum Gasteiger partial charge on any atom is -0.481 e. The SMILES string of the molecule is CC(NC(=O)CNC(=O)OCc1ccccc1)C(=O)NC(CC(=O)O)C(N)=O. The van der Waals surface area contributed by atoms with Crippen molar-refractivity contribution in [3.05, 3.63) is 35.9 Å². The summed E-state index contributed by atoms with van der Waals surface area (Å²) in [5.41, 5.74) is 5.80. The molecule has 2 unspecified atom stereocenters. The minimum absolute atomic E-state index is 0.0329. The van der Waals surface area contributed by atoms with E-state index in [4.69, 9.17) is 15.6 Å². The molecule has 0 radical (unpaired) electrons. The fourth-order valence-corrected chi connectivity index (χ4v) is 1.98. The molecule has 0 aliphatic carbocycles. The predicted octanol–water partition coefficient (Wildman–Crippen LogP) is -1.14. The van der Waals surface area contributed by atoms with Crippen LogP contribution in [0.2, 0.25) is 0 Å². The molecule has 6 N–H and O–H groups in total. The molecule has 0 saturated heterocycles. The first-order valence-corrected chi connectivity index (χ1v) is 8.24. The summed E-state index contributed by atoms with van der Waals surface area (Å²) in [5, 5.41) is 15.3. The lowest BCUT2D eigenvalue weighted by Crippen LogP contribution is -2.53. The number of rotatable bonds is 10. The number of ether oxygens (including phenoxy) is 1.